The van der Waals surface area contributed by atoms with E-state index >= 15 is 4.39 Å². The van der Waals surface area contributed by atoms with Crippen LogP contribution in [-0.2, 0) is 36.4 Å². The summed E-state index contributed by atoms with van der Waals surface area (Å²) in [4.78, 5) is 23.5. The van der Waals surface area contributed by atoms with Crippen LogP contribution in [0, 0.1) is 6.92 Å². The van der Waals surface area contributed by atoms with Crippen LogP contribution in [0.15, 0.2) is 24.8 Å². The fourth-order valence-electron chi connectivity index (χ4n) is 4.37. The summed E-state index contributed by atoms with van der Waals surface area (Å²) in [6.07, 6.45) is 0.521. The number of alkyl halides is 2. The zero-order chi connectivity index (χ0) is 26.5. The Bertz CT molecular complexity index is 1420. The second kappa shape index (κ2) is 9.59. The number of aliphatic hydroxyl groups excluding tert-OH is 1. The zero-order valence-corrected chi connectivity index (χ0v) is 22.3. The minimum Gasteiger partial charge on any atom is -0.461 e. The molecule has 0 aliphatic carbocycles. The number of anilines is 1. The van der Waals surface area contributed by atoms with Crippen molar-refractivity contribution >= 4 is 46.3 Å². The van der Waals surface area contributed by atoms with Gasteiger partial charge in [-0.2, -0.15) is 0 Å². The van der Waals surface area contributed by atoms with Crippen molar-refractivity contribution in [2.45, 2.75) is 49.9 Å². The topological polar surface area (TPSA) is 161 Å². The summed E-state index contributed by atoms with van der Waals surface area (Å²) in [7, 11) is -3.70. The van der Waals surface area contributed by atoms with Gasteiger partial charge in [0.05, 0.1) is 23.8 Å². The van der Waals surface area contributed by atoms with Crippen molar-refractivity contribution in [1.82, 2.24) is 19.5 Å². The first-order valence-electron chi connectivity index (χ1n) is 11.3. The van der Waals surface area contributed by atoms with Gasteiger partial charge in [-0.25, -0.2) is 18.9 Å². The van der Waals surface area contributed by atoms with E-state index in [0.29, 0.717) is 34.5 Å². The molecule has 37 heavy (non-hydrogen) atoms. The van der Waals surface area contributed by atoms with E-state index < -0.39 is 43.2 Å². The van der Waals surface area contributed by atoms with Crippen molar-refractivity contribution in [2.75, 3.05) is 18.5 Å². The lowest BCUT2D eigenvalue weighted by Gasteiger charge is -2.28. The minimum atomic E-state index is -3.70. The van der Waals surface area contributed by atoms with Crippen molar-refractivity contribution in [1.29, 1.82) is 0 Å². The van der Waals surface area contributed by atoms with Crippen LogP contribution in [0.5, 0.6) is 5.75 Å². The van der Waals surface area contributed by atoms with Crippen LogP contribution in [0.25, 0.3) is 11.0 Å². The molecule has 2 aliphatic heterocycles. The molecule has 198 valence electrons. The molecule has 5 heterocycles. The molecule has 2 unspecified atom stereocenters. The summed E-state index contributed by atoms with van der Waals surface area (Å²) in [6, 6.07) is 1.62. The molecule has 0 aromatic carbocycles. The van der Waals surface area contributed by atoms with Gasteiger partial charge < -0.3 is 29.4 Å². The number of fused-ring (bicyclic) bond motifs is 2. The number of hydrogen-bond donors (Lipinski definition) is 2. The highest BCUT2D eigenvalue weighted by Crippen LogP contribution is 2.55. The number of hydrogen-bond acceptors (Lipinski definition) is 11. The largest absolute Gasteiger partial charge is 0.461 e. The second-order valence-corrected chi connectivity index (χ2v) is 12.1. The quantitative estimate of drug-likeness (QED) is 0.243. The molecule has 3 aromatic heterocycles. The summed E-state index contributed by atoms with van der Waals surface area (Å²) in [5, 5.41) is 11.2. The number of esters is 1. The number of halogens is 2. The Morgan fingerprint density at radius 1 is 1.43 bits per heavy atom. The van der Waals surface area contributed by atoms with E-state index in [1.807, 2.05) is 0 Å². The van der Waals surface area contributed by atoms with E-state index in [2.05, 4.69) is 30.9 Å². The number of pyridine rings is 1. The van der Waals surface area contributed by atoms with Crippen molar-refractivity contribution < 1.29 is 37.4 Å². The molecule has 1 fully saturated rings. The van der Waals surface area contributed by atoms with Gasteiger partial charge in [0.25, 0.3) is 0 Å². The number of nitrogen functional groups attached to an aromatic ring is 1. The molecule has 3 N–H and O–H groups in total. The molecule has 2 aliphatic rings. The number of aliphatic hydroxyl groups is 1. The van der Waals surface area contributed by atoms with Crippen molar-refractivity contribution in [3.8, 4) is 5.75 Å². The maximum atomic E-state index is 15.6. The van der Waals surface area contributed by atoms with E-state index in [1.165, 1.54) is 24.0 Å². The minimum absolute atomic E-state index is 0.0113. The average molecular weight is 600 g/mol. The normalized spacial score (nSPS) is 29.2. The fourth-order valence-corrected chi connectivity index (χ4v) is 6.66. The molecule has 0 radical (unpaired) electrons. The van der Waals surface area contributed by atoms with Crippen LogP contribution >= 0.6 is 23.5 Å². The monoisotopic (exact) mass is 599 g/mol. The fraction of sp³-hybridized carbons (Fsp3) is 0.455. The lowest BCUT2D eigenvalue weighted by atomic mass is 10.1. The molecule has 5 rings (SSSR count). The number of carbonyl (C=O) groups is 1. The third kappa shape index (κ3) is 4.72. The molecule has 12 nitrogen and oxygen atoms in total. The van der Waals surface area contributed by atoms with E-state index in [4.69, 9.17) is 24.3 Å². The van der Waals surface area contributed by atoms with Gasteiger partial charge in [-0.15, -0.1) is 0 Å². The zero-order valence-electron chi connectivity index (χ0n) is 19.8. The number of aromatic nitrogens is 4. The number of carbonyl (C=O) groups excluding carboxylic acids is 1. The number of ether oxygens (including phenoxy) is 2. The third-order valence-electron chi connectivity index (χ3n) is 6.31. The maximum absolute atomic E-state index is 15.6. The lowest BCUT2D eigenvalue weighted by molar-refractivity contribution is -0.142. The summed E-state index contributed by atoms with van der Waals surface area (Å²) >= 11 is 2.95. The molecular weight excluding hydrogens is 576 g/mol. The third-order valence-corrected chi connectivity index (χ3v) is 8.94. The highest BCUT2D eigenvalue weighted by molar-refractivity contribution is 9.10. The van der Waals surface area contributed by atoms with E-state index in [1.54, 1.807) is 19.2 Å². The van der Waals surface area contributed by atoms with E-state index in [9.17, 15) is 14.5 Å². The predicted molar refractivity (Wildman–Crippen MR) is 132 cm³/mol. The molecule has 0 spiro atoms. The van der Waals surface area contributed by atoms with Crippen LogP contribution in [0.4, 0.5) is 10.2 Å². The van der Waals surface area contributed by atoms with Gasteiger partial charge in [-0.3, -0.25) is 14.3 Å². The molecule has 5 atom stereocenters. The highest BCUT2D eigenvalue weighted by atomic mass is 79.9. The Morgan fingerprint density at radius 2 is 2.22 bits per heavy atom. The van der Waals surface area contributed by atoms with Gasteiger partial charge in [-0.05, 0) is 35.3 Å². The van der Waals surface area contributed by atoms with E-state index in [-0.39, 0.29) is 18.6 Å². The first kappa shape index (κ1) is 26.0. The Kier molecular flexibility index (Phi) is 6.73. The smallest absolute Gasteiger partial charge is 0.379 e. The number of nitrogens with two attached hydrogens (primary N) is 1. The number of rotatable bonds is 6. The average Bonchev–Trinajstić information content (AvgIpc) is 3.37. The SMILES string of the molecule is CC(=O)OCc1cnc(C)c2c1CCP(=O)(OC[C@H]1O[C@@H](n3ccc4c(N)ncnc43)C(F)(Br)[C@H]1O)O2. The van der Waals surface area contributed by atoms with Gasteiger partial charge in [-0.1, -0.05) is 0 Å². The van der Waals surface area contributed by atoms with Crippen LogP contribution in [-0.4, -0.2) is 60.1 Å². The highest BCUT2D eigenvalue weighted by Gasteiger charge is 2.57. The summed E-state index contributed by atoms with van der Waals surface area (Å²) < 4.78 is 50.3. The van der Waals surface area contributed by atoms with Gasteiger partial charge in [0.1, 0.15) is 36.6 Å². The van der Waals surface area contributed by atoms with Crippen LogP contribution < -0.4 is 10.3 Å². The Hall–Kier alpha value is -2.64. The molecular formula is C22H24BrFN5O7P. The molecule has 3 aromatic rings. The van der Waals surface area contributed by atoms with Crippen molar-refractivity contribution in [3.63, 3.8) is 0 Å². The van der Waals surface area contributed by atoms with Gasteiger partial charge >= 0.3 is 13.6 Å². The molecule has 0 amide bonds. The first-order chi connectivity index (χ1) is 17.5. The number of nitrogens with zero attached hydrogens (tertiary/aromatic N) is 4. The van der Waals surface area contributed by atoms with Gasteiger partial charge in [0, 0.05) is 30.4 Å². The maximum Gasteiger partial charge on any atom is 0.379 e. The lowest BCUT2D eigenvalue weighted by Crippen LogP contribution is -2.38. The van der Waals surface area contributed by atoms with Crippen molar-refractivity contribution in [2.24, 2.45) is 0 Å². The summed E-state index contributed by atoms with van der Waals surface area (Å²) in [6.45, 7) is 2.60. The molecule has 0 bridgehead atoms. The summed E-state index contributed by atoms with van der Waals surface area (Å²) in [5.74, 6) is 0.0734. The Morgan fingerprint density at radius 3 is 2.97 bits per heavy atom. The van der Waals surface area contributed by atoms with Gasteiger partial charge in [0.2, 0.25) is 4.58 Å². The Labute approximate surface area is 218 Å². The van der Waals surface area contributed by atoms with Crippen LogP contribution in [0.3, 0.4) is 0 Å². The van der Waals surface area contributed by atoms with Crippen LogP contribution in [0.2, 0.25) is 0 Å². The second-order valence-electron chi connectivity index (χ2n) is 8.79. The standard InChI is InChI=1S/C22H24BrFN5O7P/c1-11-17-14(13(7-26-11)8-33-12(2)30)4-6-37(32,36-17)34-9-16-18(31)22(23,24)21(35-16)29-5-3-15-19(25)27-10-28-20(15)29/h3,5,7,10,16,18,21,31H,4,6,8-9H2,1-2H3,(H2,25,27,28)/t16-,18+,21-,22?,37?/m1/s1. The summed E-state index contributed by atoms with van der Waals surface area (Å²) in [5.41, 5.74) is 8.05. The molecule has 15 heteroatoms. The predicted octanol–water partition coefficient (Wildman–Crippen LogP) is 2.94. The first-order valence-corrected chi connectivity index (χ1v) is 13.8. The molecule has 1 saturated heterocycles. The van der Waals surface area contributed by atoms with Gasteiger partial charge in [0.15, 0.2) is 12.0 Å². The molecule has 0 saturated carbocycles. The Balaban J connectivity index is 1.32. The van der Waals surface area contributed by atoms with Crippen molar-refractivity contribution in [3.05, 3.63) is 41.6 Å². The number of aryl methyl sites for hydroxylation is 1. The van der Waals surface area contributed by atoms with Crippen LogP contribution in [0.1, 0.15) is 30.0 Å². The van der Waals surface area contributed by atoms with E-state index in [0.717, 1.165) is 5.56 Å².